The molecule has 1 atom stereocenters. The van der Waals surface area contributed by atoms with Crippen LogP contribution in [0.15, 0.2) is 0 Å². The van der Waals surface area contributed by atoms with Gasteiger partial charge >= 0.3 is 0 Å². The number of rotatable bonds is 3. The maximum atomic E-state index is 10.1. The van der Waals surface area contributed by atoms with Crippen LogP contribution < -0.4 is 0 Å². The number of aliphatic hydroxyl groups excluding tert-OH is 2. The van der Waals surface area contributed by atoms with Gasteiger partial charge in [0.15, 0.2) is 7.05 Å². The van der Waals surface area contributed by atoms with Crippen molar-refractivity contribution in [3.05, 3.63) is 4.91 Å². The fourth-order valence-corrected chi connectivity index (χ4v) is 0.355. The molecular weight excluding hydrogens is 110 g/mol. The molecule has 2 N–H and O–H groups in total. The van der Waals surface area contributed by atoms with E-state index < -0.39 is 6.10 Å². The summed E-state index contributed by atoms with van der Waals surface area (Å²) >= 11 is 0. The van der Waals surface area contributed by atoms with Crippen molar-refractivity contribution in [1.82, 2.24) is 0 Å². The van der Waals surface area contributed by atoms with E-state index in [1.165, 1.54) is 7.05 Å². The van der Waals surface area contributed by atoms with Crippen molar-refractivity contribution in [1.29, 1.82) is 0 Å². The second-order valence-corrected chi connectivity index (χ2v) is 1.65. The molecule has 0 spiro atoms. The second-order valence-electron chi connectivity index (χ2n) is 1.65. The first kappa shape index (κ1) is 7.52. The molecule has 0 bridgehead atoms. The minimum Gasteiger partial charge on any atom is -0.393 e. The van der Waals surface area contributed by atoms with Crippen LogP contribution in [0.3, 0.4) is 0 Å². The molecule has 0 amide bonds. The van der Waals surface area contributed by atoms with Crippen molar-refractivity contribution in [2.24, 2.45) is 0 Å². The largest absolute Gasteiger partial charge is 0.393 e. The third-order valence-electron chi connectivity index (χ3n) is 0.679. The molecule has 0 aliphatic carbocycles. The zero-order valence-corrected chi connectivity index (χ0v) is 4.74. The Kier molecular flexibility index (Phi) is 3.30. The summed E-state index contributed by atoms with van der Waals surface area (Å²) in [7, 11) is 1.29. The average Bonchev–Trinajstić information content (AvgIpc) is 1.65. The van der Waals surface area contributed by atoms with Crippen molar-refractivity contribution in [3.8, 4) is 0 Å². The van der Waals surface area contributed by atoms with Crippen LogP contribution in [0.25, 0.3) is 0 Å². The SMILES string of the molecule is C[N+](=O)CC(O)CO. The summed E-state index contributed by atoms with van der Waals surface area (Å²) in [4.78, 5) is 10.1. The molecule has 4 heteroatoms. The van der Waals surface area contributed by atoms with Gasteiger partial charge in [-0.2, -0.15) is 0 Å². The Morgan fingerprint density at radius 3 is 2.38 bits per heavy atom. The van der Waals surface area contributed by atoms with E-state index in [0.29, 0.717) is 4.76 Å². The van der Waals surface area contributed by atoms with E-state index in [-0.39, 0.29) is 13.2 Å². The molecule has 0 heterocycles. The smallest absolute Gasteiger partial charge is 0.219 e. The third kappa shape index (κ3) is 3.70. The topological polar surface area (TPSA) is 60.5 Å². The fourth-order valence-electron chi connectivity index (χ4n) is 0.355. The number of nitroso groups, excluding NO2 is 1. The molecule has 0 fully saturated rings. The normalized spacial score (nSPS) is 13.4. The molecule has 4 nitrogen and oxygen atoms in total. The summed E-state index contributed by atoms with van der Waals surface area (Å²) < 4.78 is 0.570. The number of nitrogens with zero attached hydrogens (tertiary/aromatic N) is 1. The van der Waals surface area contributed by atoms with Gasteiger partial charge in [-0.25, -0.2) is 0 Å². The number of hydrogen-bond acceptors (Lipinski definition) is 3. The van der Waals surface area contributed by atoms with Crippen molar-refractivity contribution in [2.75, 3.05) is 20.2 Å². The first-order chi connectivity index (χ1) is 3.66. The monoisotopic (exact) mass is 120 g/mol. The van der Waals surface area contributed by atoms with Crippen LogP contribution in [0, 0.1) is 4.91 Å². The number of hydrogen-bond donors (Lipinski definition) is 2. The summed E-state index contributed by atoms with van der Waals surface area (Å²) in [6.07, 6.45) is -0.905. The van der Waals surface area contributed by atoms with Gasteiger partial charge in [0.25, 0.3) is 0 Å². The Morgan fingerprint density at radius 1 is 1.75 bits per heavy atom. The van der Waals surface area contributed by atoms with Gasteiger partial charge in [-0.05, 0) is 4.76 Å². The summed E-state index contributed by atoms with van der Waals surface area (Å²) in [6.45, 7) is -0.386. The fraction of sp³-hybridized carbons (Fsp3) is 1.00. The van der Waals surface area contributed by atoms with E-state index >= 15 is 0 Å². The van der Waals surface area contributed by atoms with Gasteiger partial charge in [0.05, 0.1) is 6.61 Å². The molecule has 0 aliphatic heterocycles. The van der Waals surface area contributed by atoms with Gasteiger partial charge in [-0.3, -0.25) is 0 Å². The van der Waals surface area contributed by atoms with Crippen molar-refractivity contribution < 1.29 is 15.0 Å². The maximum Gasteiger partial charge on any atom is 0.219 e. The molecular formula is C4H10NO3+. The summed E-state index contributed by atoms with van der Waals surface area (Å²) in [6, 6.07) is 0. The van der Waals surface area contributed by atoms with E-state index in [2.05, 4.69) is 0 Å². The second kappa shape index (κ2) is 3.51. The predicted octanol–water partition coefficient (Wildman–Crippen LogP) is -1.25. The molecule has 0 aromatic rings. The molecule has 0 aromatic heterocycles. The van der Waals surface area contributed by atoms with Crippen molar-refractivity contribution in [3.63, 3.8) is 0 Å². The summed E-state index contributed by atoms with van der Waals surface area (Å²) in [5, 5.41) is 16.7. The molecule has 0 saturated carbocycles. The highest BCUT2D eigenvalue weighted by Gasteiger charge is 2.08. The number of likely N-dealkylation sites (N-methyl/N-ethyl adjacent to an activating group) is 1. The van der Waals surface area contributed by atoms with E-state index in [1.807, 2.05) is 0 Å². The summed E-state index contributed by atoms with van der Waals surface area (Å²) in [5.74, 6) is 0. The minimum atomic E-state index is -0.905. The lowest BCUT2D eigenvalue weighted by atomic mass is 10.4. The van der Waals surface area contributed by atoms with Crippen LogP contribution in [0.1, 0.15) is 0 Å². The van der Waals surface area contributed by atoms with Gasteiger partial charge < -0.3 is 10.2 Å². The molecule has 0 aliphatic rings. The van der Waals surface area contributed by atoms with Gasteiger partial charge in [-0.15, -0.1) is 0 Å². The van der Waals surface area contributed by atoms with E-state index in [1.54, 1.807) is 0 Å². The maximum absolute atomic E-state index is 10.1. The van der Waals surface area contributed by atoms with Gasteiger partial charge in [0, 0.05) is 4.91 Å². The zero-order chi connectivity index (χ0) is 6.57. The standard InChI is InChI=1S/C4H10NO3/c1-5(8)2-4(7)3-6/h4,6-7H,2-3H2,1H3/q+1. The van der Waals surface area contributed by atoms with Crippen LogP contribution in [-0.4, -0.2) is 41.3 Å². The minimum absolute atomic E-state index is 0.0312. The lowest BCUT2D eigenvalue weighted by Gasteiger charge is -1.95. The van der Waals surface area contributed by atoms with Gasteiger partial charge in [0.2, 0.25) is 6.54 Å². The zero-order valence-electron chi connectivity index (χ0n) is 4.74. The Balaban J connectivity index is 3.24. The van der Waals surface area contributed by atoms with Crippen LogP contribution in [-0.2, 0) is 0 Å². The Bertz CT molecular complexity index is 83.4. The van der Waals surface area contributed by atoms with Crippen molar-refractivity contribution in [2.45, 2.75) is 6.10 Å². The lowest BCUT2D eigenvalue weighted by Crippen LogP contribution is -2.23. The summed E-state index contributed by atoms with van der Waals surface area (Å²) in [5.41, 5.74) is 0. The molecule has 8 heavy (non-hydrogen) atoms. The molecule has 0 aromatic carbocycles. The van der Waals surface area contributed by atoms with Crippen molar-refractivity contribution >= 4 is 0 Å². The van der Waals surface area contributed by atoms with E-state index in [0.717, 1.165) is 0 Å². The Morgan fingerprint density at radius 2 is 2.25 bits per heavy atom. The first-order valence-corrected chi connectivity index (χ1v) is 2.34. The van der Waals surface area contributed by atoms with Crippen LogP contribution in [0.5, 0.6) is 0 Å². The highest BCUT2D eigenvalue weighted by molar-refractivity contribution is 4.45. The number of aliphatic hydroxyl groups is 2. The first-order valence-electron chi connectivity index (χ1n) is 2.34. The molecule has 48 valence electrons. The lowest BCUT2D eigenvalue weighted by molar-refractivity contribution is -0.528. The highest BCUT2D eigenvalue weighted by Crippen LogP contribution is 1.78. The van der Waals surface area contributed by atoms with Gasteiger partial charge in [0.1, 0.15) is 6.10 Å². The Hall–Kier alpha value is -0.480. The predicted molar refractivity (Wildman–Crippen MR) is 27.5 cm³/mol. The quantitative estimate of drug-likeness (QED) is 0.457. The Labute approximate surface area is 47.3 Å². The molecule has 0 radical (unpaired) electrons. The molecule has 1 unspecified atom stereocenters. The van der Waals surface area contributed by atoms with Crippen LogP contribution in [0.2, 0.25) is 0 Å². The van der Waals surface area contributed by atoms with Gasteiger partial charge in [-0.1, -0.05) is 0 Å². The molecule has 0 saturated heterocycles. The van der Waals surface area contributed by atoms with Crippen LogP contribution >= 0.6 is 0 Å². The third-order valence-corrected chi connectivity index (χ3v) is 0.679. The van der Waals surface area contributed by atoms with E-state index in [9.17, 15) is 4.91 Å². The molecule has 0 rings (SSSR count). The van der Waals surface area contributed by atoms with E-state index in [4.69, 9.17) is 10.2 Å². The average molecular weight is 120 g/mol. The van der Waals surface area contributed by atoms with Crippen LogP contribution in [0.4, 0.5) is 0 Å². The highest BCUT2D eigenvalue weighted by atomic mass is 16.3.